The van der Waals surface area contributed by atoms with Crippen LogP contribution in [0.5, 0.6) is 0 Å². The minimum atomic E-state index is -0.143. The van der Waals surface area contributed by atoms with Crippen LogP contribution in [0.1, 0.15) is 232 Å². The van der Waals surface area contributed by atoms with Crippen LogP contribution in [0.3, 0.4) is 0 Å². The number of hydrogen-bond acceptors (Lipinski definition) is 2. The van der Waals surface area contributed by atoms with Crippen LogP contribution in [0.4, 0.5) is 0 Å². The number of rotatable bonds is 36. The highest BCUT2D eigenvalue weighted by Gasteiger charge is 2.00. The molecule has 0 N–H and O–H groups in total. The maximum Gasteiger partial charge on any atom is 0.310 e. The molecule has 0 unspecified atom stereocenters. The third kappa shape index (κ3) is 37.2. The van der Waals surface area contributed by atoms with Crippen molar-refractivity contribution in [1.82, 2.24) is 0 Å². The van der Waals surface area contributed by atoms with Crippen molar-refractivity contribution >= 4 is 5.97 Å². The summed E-state index contributed by atoms with van der Waals surface area (Å²) in [5.41, 5.74) is 0. The summed E-state index contributed by atoms with van der Waals surface area (Å²) in [6.45, 7) is 5.72. The molecule has 0 aromatic heterocycles. The number of carbonyl (C=O) groups excluding carboxylic acids is 1. The van der Waals surface area contributed by atoms with E-state index < -0.39 is 0 Å². The van der Waals surface area contributed by atoms with Crippen molar-refractivity contribution < 1.29 is 9.53 Å². The number of hydrogen-bond donors (Lipinski definition) is 0. The Bertz CT molecular complexity index is 500. The predicted molar refractivity (Wildman–Crippen MR) is 184 cm³/mol. The molecule has 0 aliphatic heterocycles. The number of carbonyl (C=O) groups is 1. The van der Waals surface area contributed by atoms with E-state index in [0.29, 0.717) is 6.42 Å². The molecule has 0 aliphatic carbocycles. The molecule has 0 aliphatic rings. The average Bonchev–Trinajstić information content (AvgIpc) is 2.97. The maximum absolute atomic E-state index is 11.2. The van der Waals surface area contributed by atoms with Crippen molar-refractivity contribution in [3.8, 4) is 0 Å². The van der Waals surface area contributed by atoms with E-state index in [9.17, 15) is 4.79 Å². The zero-order chi connectivity index (χ0) is 29.7. The molecule has 0 bridgehead atoms. The van der Waals surface area contributed by atoms with Gasteiger partial charge in [0.25, 0.3) is 0 Å². The van der Waals surface area contributed by atoms with Gasteiger partial charge in [0, 0.05) is 6.42 Å². The lowest BCUT2D eigenvalue weighted by molar-refractivity contribution is -0.138. The highest BCUT2D eigenvalue weighted by atomic mass is 16.5. The van der Waals surface area contributed by atoms with Crippen molar-refractivity contribution in [2.45, 2.75) is 232 Å². The van der Waals surface area contributed by atoms with Crippen molar-refractivity contribution in [3.63, 3.8) is 0 Å². The highest BCUT2D eigenvalue weighted by Crippen LogP contribution is 2.17. The Morgan fingerprint density at radius 3 is 0.780 bits per heavy atom. The fourth-order valence-corrected chi connectivity index (χ4v) is 6.15. The second kappa shape index (κ2) is 37.2. The largest absolute Gasteiger partial charge is 0.435 e. The molecule has 244 valence electrons. The highest BCUT2D eigenvalue weighted by molar-refractivity contribution is 5.69. The Kier molecular flexibility index (Phi) is 36.5. The summed E-state index contributed by atoms with van der Waals surface area (Å²) < 4.78 is 4.74. The summed E-state index contributed by atoms with van der Waals surface area (Å²) in [6.07, 6.45) is 50.1. The van der Waals surface area contributed by atoms with Crippen LogP contribution in [0.2, 0.25) is 0 Å². The first kappa shape index (κ1) is 40.2. The Labute approximate surface area is 259 Å². The SMILES string of the molecule is C=COC(=O)CCCCCCCCCCCCCCCCCCCCCCCCCCCCCCCCCCCC. The molecule has 0 amide bonds. The van der Waals surface area contributed by atoms with E-state index in [0.717, 1.165) is 12.8 Å². The van der Waals surface area contributed by atoms with E-state index in [1.165, 1.54) is 212 Å². The van der Waals surface area contributed by atoms with Gasteiger partial charge in [-0.15, -0.1) is 0 Å². The van der Waals surface area contributed by atoms with E-state index in [1.54, 1.807) is 0 Å². The molecule has 0 radical (unpaired) electrons. The molecule has 0 aromatic rings. The first-order valence-electron chi connectivity index (χ1n) is 19.1. The molecular weight excluding hydrogens is 500 g/mol. The molecule has 41 heavy (non-hydrogen) atoms. The van der Waals surface area contributed by atoms with Gasteiger partial charge in [0.05, 0.1) is 6.26 Å². The van der Waals surface area contributed by atoms with Crippen molar-refractivity contribution in [2.24, 2.45) is 0 Å². The van der Waals surface area contributed by atoms with E-state index in [1.807, 2.05) is 0 Å². The van der Waals surface area contributed by atoms with Crippen LogP contribution in [0.25, 0.3) is 0 Å². The molecule has 2 nitrogen and oxygen atoms in total. The van der Waals surface area contributed by atoms with Gasteiger partial charge in [-0.2, -0.15) is 0 Å². The Morgan fingerprint density at radius 1 is 0.390 bits per heavy atom. The number of ether oxygens (including phenoxy) is 1. The van der Waals surface area contributed by atoms with Gasteiger partial charge in [0.1, 0.15) is 0 Å². The monoisotopic (exact) mass is 577 g/mol. The fraction of sp³-hybridized carbons (Fsp3) is 0.923. The second-order valence-corrected chi connectivity index (χ2v) is 13.1. The quantitative estimate of drug-likeness (QED) is 0.0421. The van der Waals surface area contributed by atoms with E-state index >= 15 is 0 Å². The normalized spacial score (nSPS) is 11.2. The van der Waals surface area contributed by atoms with Crippen LogP contribution in [-0.2, 0) is 9.53 Å². The summed E-state index contributed by atoms with van der Waals surface area (Å²) in [6, 6.07) is 0. The van der Waals surface area contributed by atoms with E-state index in [2.05, 4.69) is 13.5 Å². The summed E-state index contributed by atoms with van der Waals surface area (Å²) in [7, 11) is 0. The van der Waals surface area contributed by atoms with Crippen LogP contribution >= 0.6 is 0 Å². The van der Waals surface area contributed by atoms with Gasteiger partial charge in [0.15, 0.2) is 0 Å². The number of unbranched alkanes of at least 4 members (excludes halogenated alkanes) is 33. The molecule has 0 rings (SSSR count). The summed E-state index contributed by atoms with van der Waals surface area (Å²) in [4.78, 5) is 11.2. The van der Waals surface area contributed by atoms with Crippen molar-refractivity contribution in [2.75, 3.05) is 0 Å². The van der Waals surface area contributed by atoms with Gasteiger partial charge in [-0.1, -0.05) is 225 Å². The van der Waals surface area contributed by atoms with Gasteiger partial charge in [-0.05, 0) is 6.42 Å². The molecule has 0 fully saturated rings. The van der Waals surface area contributed by atoms with Crippen LogP contribution in [-0.4, -0.2) is 5.97 Å². The topological polar surface area (TPSA) is 26.3 Å². The molecule has 0 aromatic carbocycles. The van der Waals surface area contributed by atoms with Gasteiger partial charge in [0.2, 0.25) is 0 Å². The smallest absolute Gasteiger partial charge is 0.310 e. The first-order valence-corrected chi connectivity index (χ1v) is 19.1. The van der Waals surface area contributed by atoms with Gasteiger partial charge >= 0.3 is 5.97 Å². The maximum atomic E-state index is 11.2. The van der Waals surface area contributed by atoms with Crippen LogP contribution in [0, 0.1) is 0 Å². The molecular formula is C39H76O2. The van der Waals surface area contributed by atoms with Gasteiger partial charge in [-0.25, -0.2) is 0 Å². The summed E-state index contributed by atoms with van der Waals surface area (Å²) >= 11 is 0. The fourth-order valence-electron chi connectivity index (χ4n) is 6.15. The zero-order valence-corrected chi connectivity index (χ0v) is 28.3. The van der Waals surface area contributed by atoms with Crippen molar-refractivity contribution in [3.05, 3.63) is 12.8 Å². The second-order valence-electron chi connectivity index (χ2n) is 13.1. The van der Waals surface area contributed by atoms with Crippen molar-refractivity contribution in [1.29, 1.82) is 0 Å². The molecule has 0 saturated carbocycles. The lowest BCUT2D eigenvalue weighted by Gasteiger charge is -2.05. The molecule has 0 spiro atoms. The third-order valence-electron chi connectivity index (χ3n) is 8.95. The first-order chi connectivity index (χ1) is 20.3. The van der Waals surface area contributed by atoms with Crippen LogP contribution < -0.4 is 0 Å². The average molecular weight is 577 g/mol. The molecule has 0 heterocycles. The Morgan fingerprint density at radius 2 is 0.585 bits per heavy atom. The Balaban J connectivity index is 3.05. The molecule has 0 atom stereocenters. The third-order valence-corrected chi connectivity index (χ3v) is 8.95. The minimum absolute atomic E-state index is 0.143. The van der Waals surface area contributed by atoms with Crippen LogP contribution in [0.15, 0.2) is 12.8 Å². The van der Waals surface area contributed by atoms with E-state index in [4.69, 9.17) is 4.74 Å². The lowest BCUT2D eigenvalue weighted by Crippen LogP contribution is -1.98. The number of esters is 1. The van der Waals surface area contributed by atoms with Gasteiger partial charge < -0.3 is 4.74 Å². The zero-order valence-electron chi connectivity index (χ0n) is 28.3. The lowest BCUT2D eigenvalue weighted by atomic mass is 10.0. The predicted octanol–water partition coefficient (Wildman–Crippen LogP) is 14.3. The minimum Gasteiger partial charge on any atom is -0.435 e. The standard InChI is InChI=1S/C39H76O2/c1-3-5-6-7-8-9-10-11-12-13-14-15-16-17-18-19-20-21-22-23-24-25-26-27-28-29-30-31-32-33-34-35-36-37-38-39(40)41-4-2/h4H,2-3,5-38H2,1H3. The van der Waals surface area contributed by atoms with E-state index in [-0.39, 0.29) is 5.97 Å². The molecule has 2 heteroatoms. The Hall–Kier alpha value is -0.790. The molecule has 0 saturated heterocycles. The van der Waals surface area contributed by atoms with Gasteiger partial charge in [-0.3, -0.25) is 4.79 Å². The summed E-state index contributed by atoms with van der Waals surface area (Å²) in [5.74, 6) is -0.143. The summed E-state index contributed by atoms with van der Waals surface area (Å²) in [5, 5.41) is 0.